The summed E-state index contributed by atoms with van der Waals surface area (Å²) >= 11 is 0. The van der Waals surface area contributed by atoms with Crippen LogP contribution in [0.25, 0.3) is 17.1 Å². The van der Waals surface area contributed by atoms with Crippen LogP contribution in [0.15, 0.2) is 42.6 Å². The van der Waals surface area contributed by atoms with Crippen molar-refractivity contribution in [3.8, 4) is 22.8 Å². The second-order valence-electron chi connectivity index (χ2n) is 5.05. The van der Waals surface area contributed by atoms with Crippen molar-refractivity contribution in [2.75, 3.05) is 14.2 Å². The molecule has 0 spiro atoms. The summed E-state index contributed by atoms with van der Waals surface area (Å²) in [7, 11) is 2.90. The van der Waals surface area contributed by atoms with Crippen molar-refractivity contribution in [2.45, 2.75) is 6.92 Å². The van der Waals surface area contributed by atoms with E-state index in [9.17, 15) is 4.79 Å². The fourth-order valence-electron chi connectivity index (χ4n) is 2.18. The van der Waals surface area contributed by atoms with Crippen LogP contribution in [0, 0.1) is 6.92 Å². The Bertz CT molecular complexity index is 855. The summed E-state index contributed by atoms with van der Waals surface area (Å²) in [5.41, 5.74) is 2.38. The van der Waals surface area contributed by atoms with Gasteiger partial charge < -0.3 is 9.47 Å². The van der Waals surface area contributed by atoms with Gasteiger partial charge in [-0.2, -0.15) is 0 Å². The maximum absolute atomic E-state index is 11.8. The van der Waals surface area contributed by atoms with Crippen LogP contribution < -0.4 is 4.74 Å². The van der Waals surface area contributed by atoms with Gasteiger partial charge in [-0.15, -0.1) is 5.10 Å². The Morgan fingerprint density at radius 1 is 1.08 bits per heavy atom. The molecule has 0 unspecified atom stereocenters. The van der Waals surface area contributed by atoms with Crippen LogP contribution in [0.5, 0.6) is 5.75 Å². The molecule has 0 fully saturated rings. The molecule has 1 aromatic carbocycles. The highest BCUT2D eigenvalue weighted by atomic mass is 16.5. The zero-order chi connectivity index (χ0) is 17.1. The van der Waals surface area contributed by atoms with Crippen molar-refractivity contribution >= 4 is 5.97 Å². The van der Waals surface area contributed by atoms with Crippen molar-refractivity contribution in [1.29, 1.82) is 0 Å². The number of rotatable bonds is 4. The minimum atomic E-state index is -0.594. The fraction of sp³-hybridized carbons (Fsp3) is 0.176. The third-order valence-electron chi connectivity index (χ3n) is 3.46. The minimum absolute atomic E-state index is 0.0103. The number of nitrogens with zero attached hydrogens (tertiary/aromatic N) is 4. The molecule has 0 aliphatic rings. The van der Waals surface area contributed by atoms with E-state index in [-0.39, 0.29) is 5.82 Å². The number of aromatic nitrogens is 4. The molecular formula is C17H16N4O3. The predicted octanol–water partition coefficient (Wildman–Crippen LogP) is 2.43. The van der Waals surface area contributed by atoms with E-state index < -0.39 is 5.97 Å². The maximum Gasteiger partial charge on any atom is 0.377 e. The molecule has 7 heteroatoms. The first-order valence-electron chi connectivity index (χ1n) is 7.25. The zero-order valence-corrected chi connectivity index (χ0v) is 13.6. The molecule has 0 bridgehead atoms. The van der Waals surface area contributed by atoms with Crippen LogP contribution in [0.4, 0.5) is 0 Å². The summed E-state index contributed by atoms with van der Waals surface area (Å²) in [6.45, 7) is 1.90. The Kier molecular flexibility index (Phi) is 4.24. The molecule has 0 aliphatic heterocycles. The number of aryl methyl sites for hydroxylation is 1. The van der Waals surface area contributed by atoms with Crippen LogP contribution >= 0.6 is 0 Å². The van der Waals surface area contributed by atoms with Crippen molar-refractivity contribution in [3.63, 3.8) is 0 Å². The molecule has 7 nitrogen and oxygen atoms in total. The van der Waals surface area contributed by atoms with Gasteiger partial charge in [-0.3, -0.25) is 4.98 Å². The average molecular weight is 324 g/mol. The van der Waals surface area contributed by atoms with Gasteiger partial charge in [0.2, 0.25) is 0 Å². The van der Waals surface area contributed by atoms with E-state index in [2.05, 4.69) is 15.1 Å². The number of carbonyl (C=O) groups is 1. The first-order chi connectivity index (χ1) is 11.6. The van der Waals surface area contributed by atoms with Crippen molar-refractivity contribution in [2.24, 2.45) is 0 Å². The third kappa shape index (κ3) is 2.96. The first-order valence-corrected chi connectivity index (χ1v) is 7.25. The number of esters is 1. The molecule has 122 valence electrons. The van der Waals surface area contributed by atoms with Gasteiger partial charge in [-0.1, -0.05) is 0 Å². The van der Waals surface area contributed by atoms with Crippen LogP contribution in [0.3, 0.4) is 0 Å². The molecule has 0 radical (unpaired) electrons. The smallest absolute Gasteiger partial charge is 0.377 e. The fourth-order valence-corrected chi connectivity index (χ4v) is 2.18. The molecule has 24 heavy (non-hydrogen) atoms. The summed E-state index contributed by atoms with van der Waals surface area (Å²) in [5.74, 6) is 0.631. The number of hydrogen-bond acceptors (Lipinski definition) is 6. The number of benzene rings is 1. The Morgan fingerprint density at radius 2 is 1.83 bits per heavy atom. The van der Waals surface area contributed by atoms with E-state index in [1.54, 1.807) is 18.0 Å². The highest BCUT2D eigenvalue weighted by Crippen LogP contribution is 2.22. The lowest BCUT2D eigenvalue weighted by Crippen LogP contribution is -2.05. The van der Waals surface area contributed by atoms with Gasteiger partial charge in [0.25, 0.3) is 5.82 Å². The quantitative estimate of drug-likeness (QED) is 0.686. The van der Waals surface area contributed by atoms with Gasteiger partial charge in [0.05, 0.1) is 19.9 Å². The monoisotopic (exact) mass is 324 g/mol. The van der Waals surface area contributed by atoms with Gasteiger partial charge in [0, 0.05) is 17.5 Å². The number of carbonyl (C=O) groups excluding carboxylic acids is 1. The summed E-state index contributed by atoms with van der Waals surface area (Å²) in [5, 5.41) is 4.27. The van der Waals surface area contributed by atoms with E-state index in [4.69, 9.17) is 9.47 Å². The van der Waals surface area contributed by atoms with Crippen molar-refractivity contribution in [1.82, 2.24) is 19.7 Å². The van der Waals surface area contributed by atoms with E-state index in [0.29, 0.717) is 5.82 Å². The SMILES string of the molecule is COC(=O)c1nc(-c2ccc(C)nc2)n(-c2ccc(OC)cc2)n1. The zero-order valence-electron chi connectivity index (χ0n) is 13.6. The van der Waals surface area contributed by atoms with E-state index >= 15 is 0 Å². The molecule has 0 saturated heterocycles. The second-order valence-corrected chi connectivity index (χ2v) is 5.05. The molecule has 0 atom stereocenters. The van der Waals surface area contributed by atoms with E-state index in [1.165, 1.54) is 7.11 Å². The van der Waals surface area contributed by atoms with Gasteiger partial charge in [0.15, 0.2) is 5.82 Å². The molecule has 2 heterocycles. The lowest BCUT2D eigenvalue weighted by molar-refractivity contribution is 0.0587. The van der Waals surface area contributed by atoms with Crippen LogP contribution in [-0.4, -0.2) is 39.9 Å². The standard InChI is InChI=1S/C17H16N4O3/c1-11-4-5-12(10-18-11)16-19-15(17(22)24-3)20-21(16)13-6-8-14(23-2)9-7-13/h4-10H,1-3H3. The van der Waals surface area contributed by atoms with Gasteiger partial charge >= 0.3 is 5.97 Å². The van der Waals surface area contributed by atoms with Gasteiger partial charge in [-0.05, 0) is 43.3 Å². The number of hydrogen-bond donors (Lipinski definition) is 0. The number of methoxy groups -OCH3 is 2. The summed E-state index contributed by atoms with van der Waals surface area (Å²) in [4.78, 5) is 20.4. The molecule has 3 aromatic rings. The van der Waals surface area contributed by atoms with Gasteiger partial charge in [-0.25, -0.2) is 14.5 Å². The van der Waals surface area contributed by atoms with Crippen LogP contribution in [0.2, 0.25) is 0 Å². The molecular weight excluding hydrogens is 308 g/mol. The average Bonchev–Trinajstić information content (AvgIpc) is 3.07. The third-order valence-corrected chi connectivity index (χ3v) is 3.46. The summed E-state index contributed by atoms with van der Waals surface area (Å²) in [6.07, 6.45) is 1.69. The summed E-state index contributed by atoms with van der Waals surface area (Å²) < 4.78 is 11.5. The summed E-state index contributed by atoms with van der Waals surface area (Å²) in [6, 6.07) is 11.0. The second kappa shape index (κ2) is 6.49. The molecule has 3 rings (SSSR count). The number of pyridine rings is 1. The highest BCUT2D eigenvalue weighted by molar-refractivity contribution is 5.85. The van der Waals surface area contributed by atoms with E-state index in [1.807, 2.05) is 43.3 Å². The molecule has 2 aromatic heterocycles. The minimum Gasteiger partial charge on any atom is -0.497 e. The maximum atomic E-state index is 11.8. The largest absolute Gasteiger partial charge is 0.497 e. The molecule has 0 saturated carbocycles. The molecule has 0 amide bonds. The van der Waals surface area contributed by atoms with E-state index in [0.717, 1.165) is 22.7 Å². The lowest BCUT2D eigenvalue weighted by Gasteiger charge is -2.07. The Labute approximate surface area is 138 Å². The normalized spacial score (nSPS) is 10.5. The molecule has 0 aliphatic carbocycles. The van der Waals surface area contributed by atoms with Crippen molar-refractivity contribution < 1.29 is 14.3 Å². The number of ether oxygens (including phenoxy) is 2. The van der Waals surface area contributed by atoms with Crippen LogP contribution in [-0.2, 0) is 4.74 Å². The van der Waals surface area contributed by atoms with Crippen LogP contribution in [0.1, 0.15) is 16.3 Å². The first kappa shape index (κ1) is 15.7. The highest BCUT2D eigenvalue weighted by Gasteiger charge is 2.19. The Balaban J connectivity index is 2.13. The Hall–Kier alpha value is -3.22. The lowest BCUT2D eigenvalue weighted by atomic mass is 10.2. The Morgan fingerprint density at radius 3 is 2.42 bits per heavy atom. The predicted molar refractivity (Wildman–Crippen MR) is 87.2 cm³/mol. The van der Waals surface area contributed by atoms with Crippen molar-refractivity contribution in [3.05, 3.63) is 54.1 Å². The topological polar surface area (TPSA) is 79.1 Å². The molecule has 0 N–H and O–H groups in total. The van der Waals surface area contributed by atoms with Gasteiger partial charge in [0.1, 0.15) is 5.75 Å².